The van der Waals surface area contributed by atoms with Gasteiger partial charge >= 0.3 is 0 Å². The molecule has 148 valence electrons. The number of nitrogen functional groups attached to an aromatic ring is 1. The van der Waals surface area contributed by atoms with Crippen LogP contribution in [0.2, 0.25) is 0 Å². The molecule has 3 rings (SSSR count). The van der Waals surface area contributed by atoms with E-state index in [4.69, 9.17) is 5.73 Å². The normalized spacial score (nSPS) is 11.6. The lowest BCUT2D eigenvalue weighted by Gasteiger charge is -2.19. The summed E-state index contributed by atoms with van der Waals surface area (Å²) in [5.41, 5.74) is 7.60. The molecular weight excluding hydrogens is 384 g/mol. The molecule has 3 aromatic rings. The van der Waals surface area contributed by atoms with Crippen LogP contribution in [0.15, 0.2) is 53.9 Å². The lowest BCUT2D eigenvalue weighted by molar-refractivity contribution is 0.0944. The van der Waals surface area contributed by atoms with Crippen LogP contribution in [0, 0.1) is 11.8 Å². The number of aromatic nitrogens is 1. The molecule has 0 aliphatic heterocycles. The minimum absolute atomic E-state index is 0.125. The Morgan fingerprint density at radius 3 is 2.76 bits per heavy atom. The van der Waals surface area contributed by atoms with E-state index in [1.54, 1.807) is 30.3 Å². The summed E-state index contributed by atoms with van der Waals surface area (Å²) in [7, 11) is 3.86. The van der Waals surface area contributed by atoms with Crippen molar-refractivity contribution in [3.63, 3.8) is 0 Å². The van der Waals surface area contributed by atoms with Crippen LogP contribution in [0.5, 0.6) is 5.75 Å². The van der Waals surface area contributed by atoms with Crippen molar-refractivity contribution in [2.75, 3.05) is 26.4 Å². The van der Waals surface area contributed by atoms with Crippen molar-refractivity contribution in [2.24, 2.45) is 0 Å². The Hall–Kier alpha value is -3.34. The largest absolute Gasteiger partial charge is 0.508 e. The van der Waals surface area contributed by atoms with Crippen molar-refractivity contribution in [1.29, 1.82) is 0 Å². The fraction of sp³-hybridized carbons (Fsp3) is 0.182. The highest BCUT2D eigenvalue weighted by atomic mass is 32.1. The van der Waals surface area contributed by atoms with Crippen LogP contribution in [0.4, 0.5) is 5.82 Å². The predicted octanol–water partition coefficient (Wildman–Crippen LogP) is 2.86. The molecule has 7 heteroatoms. The summed E-state index contributed by atoms with van der Waals surface area (Å²) < 4.78 is 0. The van der Waals surface area contributed by atoms with Crippen LogP contribution < -0.4 is 11.1 Å². The van der Waals surface area contributed by atoms with Crippen LogP contribution in [-0.4, -0.2) is 41.5 Å². The molecule has 29 heavy (non-hydrogen) atoms. The Bertz CT molecular complexity index is 1050. The maximum atomic E-state index is 12.9. The van der Waals surface area contributed by atoms with Gasteiger partial charge in [0, 0.05) is 4.88 Å². The molecule has 4 N–H and O–H groups in total. The van der Waals surface area contributed by atoms with E-state index in [-0.39, 0.29) is 23.0 Å². The van der Waals surface area contributed by atoms with Crippen LogP contribution in [0.1, 0.15) is 32.5 Å². The second-order valence-corrected chi connectivity index (χ2v) is 7.67. The molecule has 2 heterocycles. The first-order chi connectivity index (χ1) is 13.9. The number of phenols is 1. The molecule has 0 saturated carbocycles. The number of nitrogens with two attached hydrogens (primary N) is 1. The number of hydrogen-bond acceptors (Lipinski definition) is 6. The highest BCUT2D eigenvalue weighted by Gasteiger charge is 2.21. The molecule has 0 saturated heterocycles. The van der Waals surface area contributed by atoms with Gasteiger partial charge in [-0.05, 0) is 61.3 Å². The number of carbonyl (C=O) groups is 1. The third-order valence-corrected chi connectivity index (χ3v) is 5.02. The second kappa shape index (κ2) is 9.24. The summed E-state index contributed by atoms with van der Waals surface area (Å²) in [6, 6.07) is 13.6. The number of anilines is 1. The van der Waals surface area contributed by atoms with Gasteiger partial charge in [0.05, 0.1) is 18.2 Å². The molecule has 0 bridgehead atoms. The van der Waals surface area contributed by atoms with Gasteiger partial charge in [0.25, 0.3) is 5.91 Å². The van der Waals surface area contributed by atoms with Gasteiger partial charge < -0.3 is 16.2 Å². The highest BCUT2D eigenvalue weighted by molar-refractivity contribution is 7.10. The molecule has 6 nitrogen and oxygen atoms in total. The van der Waals surface area contributed by atoms with Crippen LogP contribution in [0.3, 0.4) is 0 Å². The van der Waals surface area contributed by atoms with Gasteiger partial charge in [0.1, 0.15) is 17.3 Å². The summed E-state index contributed by atoms with van der Waals surface area (Å²) >= 11 is 1.52. The van der Waals surface area contributed by atoms with E-state index in [1.165, 1.54) is 11.3 Å². The quantitative estimate of drug-likeness (QED) is 0.567. The van der Waals surface area contributed by atoms with Crippen molar-refractivity contribution < 1.29 is 9.90 Å². The second-order valence-electron chi connectivity index (χ2n) is 6.69. The van der Waals surface area contributed by atoms with Crippen LogP contribution >= 0.6 is 11.3 Å². The Morgan fingerprint density at radius 1 is 1.28 bits per heavy atom. The fourth-order valence-corrected chi connectivity index (χ4v) is 3.51. The molecule has 0 aliphatic rings. The highest BCUT2D eigenvalue weighted by Crippen LogP contribution is 2.28. The fourth-order valence-electron chi connectivity index (χ4n) is 2.71. The molecule has 2 aromatic heterocycles. The first-order valence-electron chi connectivity index (χ1n) is 8.97. The number of aromatic hydroxyl groups is 1. The number of nitrogens with one attached hydrogen (secondary N) is 1. The summed E-state index contributed by atoms with van der Waals surface area (Å²) in [6.07, 6.45) is 0. The van der Waals surface area contributed by atoms with Crippen LogP contribution in [0.25, 0.3) is 0 Å². The first-order valence-corrected chi connectivity index (χ1v) is 9.85. The number of hydrogen-bond donors (Lipinski definition) is 3. The van der Waals surface area contributed by atoms with Crippen molar-refractivity contribution in [3.05, 3.63) is 75.6 Å². The summed E-state index contributed by atoms with van der Waals surface area (Å²) in [4.78, 5) is 20.0. The van der Waals surface area contributed by atoms with Crippen molar-refractivity contribution in [1.82, 2.24) is 15.2 Å². The van der Waals surface area contributed by atoms with E-state index in [2.05, 4.69) is 22.1 Å². The number of rotatable bonds is 5. The van der Waals surface area contributed by atoms with Crippen molar-refractivity contribution in [2.45, 2.75) is 6.04 Å². The zero-order chi connectivity index (χ0) is 20.8. The summed E-state index contributed by atoms with van der Waals surface area (Å²) in [5, 5.41) is 14.8. The average molecular weight is 407 g/mol. The van der Waals surface area contributed by atoms with Gasteiger partial charge in [-0.3, -0.25) is 9.69 Å². The molecule has 1 amide bonds. The van der Waals surface area contributed by atoms with E-state index < -0.39 is 6.04 Å². The van der Waals surface area contributed by atoms with Gasteiger partial charge in [-0.1, -0.05) is 24.1 Å². The lowest BCUT2D eigenvalue weighted by Crippen LogP contribution is -2.29. The van der Waals surface area contributed by atoms with Gasteiger partial charge in [-0.15, -0.1) is 11.3 Å². The van der Waals surface area contributed by atoms with Gasteiger partial charge in [-0.2, -0.15) is 0 Å². The van der Waals surface area contributed by atoms with Gasteiger partial charge in [0.2, 0.25) is 0 Å². The zero-order valence-electron chi connectivity index (χ0n) is 16.2. The Morgan fingerprint density at radius 2 is 2.10 bits per heavy atom. The smallest absolute Gasteiger partial charge is 0.255 e. The topological polar surface area (TPSA) is 91.5 Å². The number of carbonyl (C=O) groups excluding carboxylic acids is 1. The van der Waals surface area contributed by atoms with Crippen LogP contribution in [-0.2, 0) is 0 Å². The van der Waals surface area contributed by atoms with Gasteiger partial charge in [0.15, 0.2) is 0 Å². The number of benzene rings is 1. The lowest BCUT2D eigenvalue weighted by atomic mass is 10.0. The first kappa shape index (κ1) is 20.4. The Kier molecular flexibility index (Phi) is 6.50. The zero-order valence-corrected chi connectivity index (χ0v) is 17.0. The third kappa shape index (κ3) is 5.35. The van der Waals surface area contributed by atoms with E-state index in [1.807, 2.05) is 42.6 Å². The molecule has 0 spiro atoms. The standard InChI is InChI=1S/C22H22N4O2S/c1-26(2)12-4-7-16-10-11-18(21(23)24-16)22(28)25-20(19-9-5-13-29-19)15-6-3-8-17(27)14-15/h3,5-6,8-11,13-14,20,27H,12H2,1-2H3,(H2,23,24)(H,25,28). The molecule has 1 aromatic carbocycles. The number of thiophene rings is 1. The minimum Gasteiger partial charge on any atom is -0.508 e. The molecule has 0 fully saturated rings. The Labute approximate surface area is 174 Å². The average Bonchev–Trinajstić information content (AvgIpc) is 3.20. The van der Waals surface area contributed by atoms with Crippen molar-refractivity contribution >= 4 is 23.1 Å². The number of amides is 1. The number of phenolic OH excluding ortho intramolecular Hbond substituents is 1. The monoisotopic (exact) mass is 406 g/mol. The minimum atomic E-state index is -0.409. The molecular formula is C22H22N4O2S. The molecule has 1 unspecified atom stereocenters. The molecule has 1 atom stereocenters. The maximum absolute atomic E-state index is 12.9. The maximum Gasteiger partial charge on any atom is 0.255 e. The predicted molar refractivity (Wildman–Crippen MR) is 116 cm³/mol. The van der Waals surface area contributed by atoms with Crippen molar-refractivity contribution in [3.8, 4) is 17.6 Å². The van der Waals surface area contributed by atoms with E-state index in [0.717, 1.165) is 10.4 Å². The van der Waals surface area contributed by atoms with E-state index in [9.17, 15) is 9.90 Å². The third-order valence-electron chi connectivity index (χ3n) is 4.09. The van der Waals surface area contributed by atoms with E-state index >= 15 is 0 Å². The van der Waals surface area contributed by atoms with E-state index in [0.29, 0.717) is 12.2 Å². The number of pyridine rings is 1. The van der Waals surface area contributed by atoms with Gasteiger partial charge in [-0.25, -0.2) is 4.98 Å². The summed E-state index contributed by atoms with van der Waals surface area (Å²) in [5.74, 6) is 5.85. The molecule has 0 aliphatic carbocycles. The Balaban J connectivity index is 1.84. The summed E-state index contributed by atoms with van der Waals surface area (Å²) in [6.45, 7) is 0.607. The SMILES string of the molecule is CN(C)CC#Cc1ccc(C(=O)NC(c2cccc(O)c2)c2cccs2)c(N)n1. The molecule has 0 radical (unpaired) electrons. The number of nitrogens with zero attached hydrogens (tertiary/aromatic N) is 2.